The minimum atomic E-state index is -4.05. The van der Waals surface area contributed by atoms with E-state index in [0.29, 0.717) is 19.6 Å². The van der Waals surface area contributed by atoms with Gasteiger partial charge in [-0.05, 0) is 19.8 Å². The van der Waals surface area contributed by atoms with Crippen LogP contribution in [0.2, 0.25) is 0 Å². The molecular formula is C11H22F3NO2. The lowest BCUT2D eigenvalue weighted by Gasteiger charge is -2.19. The second-order valence-corrected chi connectivity index (χ2v) is 4.13. The Morgan fingerprint density at radius 3 is 2.35 bits per heavy atom. The van der Waals surface area contributed by atoms with Crippen LogP contribution in [-0.2, 0) is 9.47 Å². The van der Waals surface area contributed by atoms with Gasteiger partial charge in [-0.15, -0.1) is 0 Å². The summed E-state index contributed by atoms with van der Waals surface area (Å²) in [7, 11) is 3.17. The first-order valence-corrected chi connectivity index (χ1v) is 5.71. The van der Waals surface area contributed by atoms with Gasteiger partial charge < -0.3 is 14.8 Å². The van der Waals surface area contributed by atoms with Gasteiger partial charge in [-0.1, -0.05) is 0 Å². The number of halogens is 3. The lowest BCUT2D eigenvalue weighted by Crippen LogP contribution is -2.37. The summed E-state index contributed by atoms with van der Waals surface area (Å²) in [5, 5.41) is 3.13. The van der Waals surface area contributed by atoms with Crippen molar-refractivity contribution in [1.29, 1.82) is 0 Å². The van der Waals surface area contributed by atoms with Gasteiger partial charge in [0.05, 0.1) is 12.7 Å². The van der Waals surface area contributed by atoms with E-state index in [1.54, 1.807) is 14.2 Å². The van der Waals surface area contributed by atoms with Crippen molar-refractivity contribution in [2.45, 2.75) is 44.5 Å². The van der Waals surface area contributed by atoms with E-state index in [2.05, 4.69) is 5.32 Å². The SMILES string of the molecule is COCC(CNC(C)CCCC(F)(F)F)OC. The predicted molar refractivity (Wildman–Crippen MR) is 60.0 cm³/mol. The van der Waals surface area contributed by atoms with E-state index < -0.39 is 12.6 Å². The molecule has 2 unspecified atom stereocenters. The molecule has 0 heterocycles. The molecule has 0 amide bonds. The number of nitrogens with one attached hydrogen (secondary N) is 1. The van der Waals surface area contributed by atoms with Crippen molar-refractivity contribution >= 4 is 0 Å². The molecule has 0 aliphatic heterocycles. The van der Waals surface area contributed by atoms with E-state index in [1.807, 2.05) is 6.92 Å². The molecular weight excluding hydrogens is 235 g/mol. The van der Waals surface area contributed by atoms with Crippen LogP contribution in [0.25, 0.3) is 0 Å². The molecule has 0 aromatic heterocycles. The lowest BCUT2D eigenvalue weighted by molar-refractivity contribution is -0.135. The first-order chi connectivity index (χ1) is 7.89. The summed E-state index contributed by atoms with van der Waals surface area (Å²) < 4.78 is 45.8. The highest BCUT2D eigenvalue weighted by molar-refractivity contribution is 4.67. The number of hydrogen-bond acceptors (Lipinski definition) is 3. The molecule has 3 nitrogen and oxygen atoms in total. The molecule has 0 aliphatic rings. The van der Waals surface area contributed by atoms with Crippen molar-refractivity contribution in [2.24, 2.45) is 0 Å². The van der Waals surface area contributed by atoms with Crippen molar-refractivity contribution < 1.29 is 22.6 Å². The maximum Gasteiger partial charge on any atom is 0.389 e. The lowest BCUT2D eigenvalue weighted by atomic mass is 10.1. The van der Waals surface area contributed by atoms with Crippen LogP contribution in [-0.4, -0.2) is 45.7 Å². The largest absolute Gasteiger partial charge is 0.389 e. The molecule has 0 saturated heterocycles. The molecule has 0 fully saturated rings. The Morgan fingerprint density at radius 1 is 1.24 bits per heavy atom. The molecule has 0 spiro atoms. The van der Waals surface area contributed by atoms with Crippen molar-refractivity contribution in [3.05, 3.63) is 0 Å². The van der Waals surface area contributed by atoms with Crippen LogP contribution in [0.3, 0.4) is 0 Å². The first kappa shape index (κ1) is 16.7. The van der Waals surface area contributed by atoms with E-state index in [1.165, 1.54) is 0 Å². The number of ether oxygens (including phenoxy) is 2. The summed E-state index contributed by atoms with van der Waals surface area (Å²) in [4.78, 5) is 0. The molecule has 0 bridgehead atoms. The Morgan fingerprint density at radius 2 is 1.88 bits per heavy atom. The quantitative estimate of drug-likeness (QED) is 0.688. The molecule has 6 heteroatoms. The maximum atomic E-state index is 11.9. The summed E-state index contributed by atoms with van der Waals surface area (Å²) in [6.45, 7) is 2.92. The molecule has 0 rings (SSSR count). The minimum absolute atomic E-state index is 0.0480. The van der Waals surface area contributed by atoms with Crippen LogP contribution in [0.15, 0.2) is 0 Å². The molecule has 0 aromatic carbocycles. The fraction of sp³-hybridized carbons (Fsp3) is 1.00. The summed E-state index contributed by atoms with van der Waals surface area (Å²) in [6.07, 6.45) is -4.18. The highest BCUT2D eigenvalue weighted by Gasteiger charge is 2.26. The number of alkyl halides is 3. The van der Waals surface area contributed by atoms with E-state index in [9.17, 15) is 13.2 Å². The number of rotatable bonds is 9. The Labute approximate surface area is 101 Å². The average Bonchev–Trinajstić information content (AvgIpc) is 2.22. The maximum absolute atomic E-state index is 11.9. The molecule has 104 valence electrons. The molecule has 17 heavy (non-hydrogen) atoms. The van der Waals surface area contributed by atoms with E-state index in [-0.39, 0.29) is 18.6 Å². The van der Waals surface area contributed by atoms with Crippen molar-refractivity contribution in [2.75, 3.05) is 27.4 Å². The van der Waals surface area contributed by atoms with E-state index in [0.717, 1.165) is 0 Å². The van der Waals surface area contributed by atoms with Gasteiger partial charge in [0.1, 0.15) is 0 Å². The van der Waals surface area contributed by atoms with Crippen LogP contribution in [0.1, 0.15) is 26.2 Å². The molecule has 0 saturated carbocycles. The zero-order chi connectivity index (χ0) is 13.3. The monoisotopic (exact) mass is 257 g/mol. The van der Waals surface area contributed by atoms with Crippen LogP contribution in [0.4, 0.5) is 13.2 Å². The standard InChI is InChI=1S/C11H22F3NO2/c1-9(5-4-6-11(12,13)14)15-7-10(17-3)8-16-2/h9-10,15H,4-8H2,1-3H3. The zero-order valence-corrected chi connectivity index (χ0v) is 10.6. The molecule has 0 aliphatic carbocycles. The molecule has 2 atom stereocenters. The summed E-state index contributed by atoms with van der Waals surface area (Å²) in [5.41, 5.74) is 0. The van der Waals surface area contributed by atoms with Crippen LogP contribution >= 0.6 is 0 Å². The Kier molecular flexibility index (Phi) is 8.55. The third-order valence-corrected chi connectivity index (χ3v) is 2.48. The van der Waals surface area contributed by atoms with Crippen molar-refractivity contribution in [1.82, 2.24) is 5.32 Å². The fourth-order valence-electron chi connectivity index (χ4n) is 1.44. The first-order valence-electron chi connectivity index (χ1n) is 5.71. The van der Waals surface area contributed by atoms with Gasteiger partial charge in [-0.25, -0.2) is 0 Å². The van der Waals surface area contributed by atoms with Crippen LogP contribution < -0.4 is 5.32 Å². The molecule has 1 N–H and O–H groups in total. The molecule has 0 aromatic rings. The van der Waals surface area contributed by atoms with Gasteiger partial charge in [-0.2, -0.15) is 13.2 Å². The minimum Gasteiger partial charge on any atom is -0.382 e. The second kappa shape index (κ2) is 8.72. The van der Waals surface area contributed by atoms with Crippen molar-refractivity contribution in [3.63, 3.8) is 0 Å². The Balaban J connectivity index is 3.61. The van der Waals surface area contributed by atoms with Crippen LogP contribution in [0.5, 0.6) is 0 Å². The number of methoxy groups -OCH3 is 2. The molecule has 0 radical (unpaired) electrons. The van der Waals surface area contributed by atoms with E-state index >= 15 is 0 Å². The van der Waals surface area contributed by atoms with Gasteiger partial charge in [-0.3, -0.25) is 0 Å². The Bertz CT molecular complexity index is 188. The van der Waals surface area contributed by atoms with Gasteiger partial charge in [0.25, 0.3) is 0 Å². The summed E-state index contributed by atoms with van der Waals surface area (Å²) in [5.74, 6) is 0. The number of hydrogen-bond donors (Lipinski definition) is 1. The third kappa shape index (κ3) is 10.5. The second-order valence-electron chi connectivity index (χ2n) is 4.13. The zero-order valence-electron chi connectivity index (χ0n) is 10.6. The fourth-order valence-corrected chi connectivity index (χ4v) is 1.44. The topological polar surface area (TPSA) is 30.5 Å². The van der Waals surface area contributed by atoms with Gasteiger partial charge in [0.2, 0.25) is 0 Å². The van der Waals surface area contributed by atoms with E-state index in [4.69, 9.17) is 9.47 Å². The summed E-state index contributed by atoms with van der Waals surface area (Å²) >= 11 is 0. The third-order valence-electron chi connectivity index (χ3n) is 2.48. The average molecular weight is 257 g/mol. The predicted octanol–water partition coefficient (Wildman–Crippen LogP) is 2.36. The highest BCUT2D eigenvalue weighted by Crippen LogP contribution is 2.22. The van der Waals surface area contributed by atoms with Gasteiger partial charge in [0.15, 0.2) is 0 Å². The van der Waals surface area contributed by atoms with Gasteiger partial charge in [0, 0.05) is 33.2 Å². The summed E-state index contributed by atoms with van der Waals surface area (Å²) in [6, 6.07) is 0.0480. The van der Waals surface area contributed by atoms with Crippen molar-refractivity contribution in [3.8, 4) is 0 Å². The Hall–Kier alpha value is -0.330. The normalized spacial score (nSPS) is 15.9. The smallest absolute Gasteiger partial charge is 0.382 e. The van der Waals surface area contributed by atoms with Crippen LogP contribution in [0, 0.1) is 0 Å². The van der Waals surface area contributed by atoms with Gasteiger partial charge >= 0.3 is 6.18 Å². The highest BCUT2D eigenvalue weighted by atomic mass is 19.4.